The molecule has 0 aromatic carbocycles. The number of hydrogen-bond donors (Lipinski definition) is 1. The van der Waals surface area contributed by atoms with Crippen molar-refractivity contribution in [3.63, 3.8) is 0 Å². The molecule has 0 heterocycles. The fraction of sp³-hybridized carbons (Fsp3) is 0.667. The number of rotatable bonds is 17. The van der Waals surface area contributed by atoms with Gasteiger partial charge in [-0.2, -0.15) is 0 Å². The molecule has 1 N–H and O–H groups in total. The second kappa shape index (κ2) is 15.6. The lowest BCUT2D eigenvalue weighted by atomic mass is 10.1. The SMILES string of the molecule is C=CC(=O)OCC(C)(COC(=O)C=C)NC(=O)N(CCCC)CCC[Si](OC)(OC)OC. The fourth-order valence-corrected chi connectivity index (χ4v) is 4.44. The van der Waals surface area contributed by atoms with Gasteiger partial charge in [-0.15, -0.1) is 0 Å². The molecule has 184 valence electrons. The molecule has 0 spiro atoms. The Morgan fingerprint density at radius 2 is 1.41 bits per heavy atom. The number of hydrogen-bond acceptors (Lipinski definition) is 8. The highest BCUT2D eigenvalue weighted by atomic mass is 28.4. The van der Waals surface area contributed by atoms with Gasteiger partial charge in [0.1, 0.15) is 18.8 Å². The first-order valence-corrected chi connectivity index (χ1v) is 12.4. The van der Waals surface area contributed by atoms with E-state index in [1.165, 1.54) is 0 Å². The lowest BCUT2D eigenvalue weighted by Gasteiger charge is -2.33. The van der Waals surface area contributed by atoms with Gasteiger partial charge in [0, 0.05) is 52.6 Å². The minimum absolute atomic E-state index is 0.206. The quantitative estimate of drug-likeness (QED) is 0.194. The van der Waals surface area contributed by atoms with Crippen molar-refractivity contribution < 1.29 is 37.1 Å². The van der Waals surface area contributed by atoms with Crippen molar-refractivity contribution in [3.05, 3.63) is 25.3 Å². The van der Waals surface area contributed by atoms with E-state index in [2.05, 4.69) is 18.5 Å². The maximum Gasteiger partial charge on any atom is 0.500 e. The number of esters is 2. The summed E-state index contributed by atoms with van der Waals surface area (Å²) >= 11 is 0. The second-order valence-electron chi connectivity index (χ2n) is 7.35. The van der Waals surface area contributed by atoms with Crippen LogP contribution in [-0.2, 0) is 32.3 Å². The number of carbonyl (C=O) groups is 3. The molecule has 0 radical (unpaired) electrons. The average molecular weight is 475 g/mol. The second-order valence-corrected chi connectivity index (χ2v) is 10.4. The van der Waals surface area contributed by atoms with E-state index in [-0.39, 0.29) is 19.2 Å². The maximum atomic E-state index is 13.1. The molecule has 0 aromatic heterocycles. The van der Waals surface area contributed by atoms with Crippen LogP contribution >= 0.6 is 0 Å². The molecule has 0 aliphatic carbocycles. The van der Waals surface area contributed by atoms with Crippen molar-refractivity contribution in [2.24, 2.45) is 0 Å². The summed E-state index contributed by atoms with van der Waals surface area (Å²) < 4.78 is 26.5. The summed E-state index contributed by atoms with van der Waals surface area (Å²) in [5.74, 6) is -1.30. The zero-order chi connectivity index (χ0) is 24.6. The summed E-state index contributed by atoms with van der Waals surface area (Å²) in [6.45, 7) is 10.9. The van der Waals surface area contributed by atoms with Crippen molar-refractivity contribution in [3.8, 4) is 0 Å². The lowest BCUT2D eigenvalue weighted by Crippen LogP contribution is -2.57. The van der Waals surface area contributed by atoms with E-state index < -0.39 is 26.3 Å². The number of urea groups is 1. The third kappa shape index (κ3) is 10.9. The highest BCUT2D eigenvalue weighted by Crippen LogP contribution is 2.16. The van der Waals surface area contributed by atoms with Crippen LogP contribution in [0, 0.1) is 0 Å². The molecule has 10 nitrogen and oxygen atoms in total. The van der Waals surface area contributed by atoms with Crippen molar-refractivity contribution in [1.82, 2.24) is 10.2 Å². The van der Waals surface area contributed by atoms with Crippen LogP contribution in [-0.4, -0.2) is 84.8 Å². The monoisotopic (exact) mass is 474 g/mol. The lowest BCUT2D eigenvalue weighted by molar-refractivity contribution is -0.144. The van der Waals surface area contributed by atoms with Crippen LogP contribution in [0.25, 0.3) is 0 Å². The minimum atomic E-state index is -2.75. The molecule has 2 amide bonds. The van der Waals surface area contributed by atoms with E-state index in [0.29, 0.717) is 25.6 Å². The first-order chi connectivity index (χ1) is 15.1. The molecular formula is C21H38N2O8Si. The summed E-state index contributed by atoms with van der Waals surface area (Å²) in [7, 11) is 1.88. The molecule has 0 aliphatic rings. The van der Waals surface area contributed by atoms with Gasteiger partial charge < -0.3 is 33.0 Å². The zero-order valence-electron chi connectivity index (χ0n) is 19.9. The summed E-state index contributed by atoms with van der Waals surface area (Å²) in [5, 5.41) is 2.83. The van der Waals surface area contributed by atoms with Gasteiger partial charge in [0.25, 0.3) is 0 Å². The van der Waals surface area contributed by atoms with Gasteiger partial charge in [-0.05, 0) is 19.8 Å². The van der Waals surface area contributed by atoms with Gasteiger partial charge in [-0.3, -0.25) is 0 Å². The van der Waals surface area contributed by atoms with Crippen molar-refractivity contribution in [2.75, 3.05) is 47.6 Å². The van der Waals surface area contributed by atoms with Gasteiger partial charge in [-0.25, -0.2) is 14.4 Å². The number of carbonyl (C=O) groups excluding carboxylic acids is 3. The van der Waals surface area contributed by atoms with Crippen LogP contribution < -0.4 is 5.32 Å². The van der Waals surface area contributed by atoms with Crippen LogP contribution in [0.15, 0.2) is 25.3 Å². The standard InChI is InChI=1S/C21H38N2O8Si/c1-8-11-13-23(14-12-15-32(27-5,28-6)29-7)20(26)22-21(4,16-30-18(24)9-2)17-31-19(25)10-3/h9-10H,2-3,8,11-17H2,1,4-7H3,(H,22,26). The Kier molecular flexibility index (Phi) is 14.5. The number of unbranched alkanes of at least 4 members (excludes halogenated alkanes) is 1. The first kappa shape index (κ1) is 29.8. The smallest absolute Gasteiger partial charge is 0.460 e. The fourth-order valence-electron chi connectivity index (χ4n) is 2.74. The molecule has 0 rings (SSSR count). The van der Waals surface area contributed by atoms with Crippen LogP contribution in [0.1, 0.15) is 33.1 Å². The van der Waals surface area contributed by atoms with E-state index in [4.69, 9.17) is 22.8 Å². The van der Waals surface area contributed by atoms with E-state index in [9.17, 15) is 14.4 Å². The van der Waals surface area contributed by atoms with Crippen molar-refractivity contribution in [1.29, 1.82) is 0 Å². The van der Waals surface area contributed by atoms with Gasteiger partial charge in [0.15, 0.2) is 0 Å². The number of nitrogens with one attached hydrogen (secondary N) is 1. The predicted molar refractivity (Wildman–Crippen MR) is 122 cm³/mol. The van der Waals surface area contributed by atoms with E-state index in [1.54, 1.807) is 33.2 Å². The van der Waals surface area contributed by atoms with E-state index in [1.807, 2.05) is 6.92 Å². The number of ether oxygens (including phenoxy) is 2. The molecule has 0 saturated heterocycles. The Labute approximate surface area is 192 Å². The van der Waals surface area contributed by atoms with Gasteiger partial charge >= 0.3 is 26.8 Å². The van der Waals surface area contributed by atoms with Gasteiger partial charge in [-0.1, -0.05) is 26.5 Å². The molecule has 0 fully saturated rings. The molecule has 32 heavy (non-hydrogen) atoms. The molecule has 0 unspecified atom stereocenters. The Balaban J connectivity index is 5.30. The molecule has 0 saturated carbocycles. The van der Waals surface area contributed by atoms with Gasteiger partial charge in [0.05, 0.1) is 0 Å². The summed E-state index contributed by atoms with van der Waals surface area (Å²) in [6.07, 6.45) is 4.35. The summed E-state index contributed by atoms with van der Waals surface area (Å²) in [5.41, 5.74) is -1.15. The highest BCUT2D eigenvalue weighted by Gasteiger charge is 2.37. The van der Waals surface area contributed by atoms with Crippen LogP contribution in [0.5, 0.6) is 0 Å². The molecule has 0 aliphatic heterocycles. The molecule has 0 aromatic rings. The van der Waals surface area contributed by atoms with Crippen molar-refractivity contribution >= 4 is 26.8 Å². The van der Waals surface area contributed by atoms with Crippen LogP contribution in [0.4, 0.5) is 4.79 Å². The third-order valence-corrected chi connectivity index (χ3v) is 7.55. The normalized spacial score (nSPS) is 11.4. The topological polar surface area (TPSA) is 113 Å². The van der Waals surface area contributed by atoms with Crippen LogP contribution in [0.2, 0.25) is 6.04 Å². The molecule has 0 atom stereocenters. The summed E-state index contributed by atoms with van der Waals surface area (Å²) in [4.78, 5) is 37.8. The third-order valence-electron chi connectivity index (χ3n) is 4.72. The average Bonchev–Trinajstić information content (AvgIpc) is 2.81. The number of nitrogens with zero attached hydrogens (tertiary/aromatic N) is 1. The van der Waals surface area contributed by atoms with Gasteiger partial charge in [0.2, 0.25) is 0 Å². The first-order valence-electron chi connectivity index (χ1n) is 10.5. The Morgan fingerprint density at radius 1 is 0.938 bits per heavy atom. The van der Waals surface area contributed by atoms with Crippen molar-refractivity contribution in [2.45, 2.75) is 44.7 Å². The van der Waals surface area contributed by atoms with E-state index >= 15 is 0 Å². The maximum absolute atomic E-state index is 13.1. The zero-order valence-corrected chi connectivity index (χ0v) is 20.9. The Morgan fingerprint density at radius 3 is 1.81 bits per heavy atom. The van der Waals surface area contributed by atoms with E-state index in [0.717, 1.165) is 25.0 Å². The van der Waals surface area contributed by atoms with Crippen LogP contribution in [0.3, 0.4) is 0 Å². The number of amides is 2. The largest absolute Gasteiger partial charge is 0.500 e. The Hall–Kier alpha value is -2.21. The summed E-state index contributed by atoms with van der Waals surface area (Å²) in [6, 6.07) is 0.169. The molecular weight excluding hydrogens is 436 g/mol. The minimum Gasteiger partial charge on any atom is -0.460 e. The Bertz CT molecular complexity index is 593. The molecule has 11 heteroatoms. The highest BCUT2D eigenvalue weighted by molar-refractivity contribution is 6.60. The molecule has 0 bridgehead atoms. The predicted octanol–water partition coefficient (Wildman–Crippen LogP) is 2.28.